The van der Waals surface area contributed by atoms with Crippen LogP contribution in [0, 0.1) is 40.7 Å². The van der Waals surface area contributed by atoms with Gasteiger partial charge in [0.2, 0.25) is 5.82 Å². The van der Waals surface area contributed by atoms with Gasteiger partial charge in [0.1, 0.15) is 17.7 Å². The standard InChI is InChI=1S/C13H5F7O/c14-4-1-2-6(15)5(3-4)13(21)7-8(16)10(18)12(20)11(19)9(7)17/h1-3,13,21H. The number of hydrogen-bond acceptors (Lipinski definition) is 1. The van der Waals surface area contributed by atoms with Gasteiger partial charge >= 0.3 is 0 Å². The highest BCUT2D eigenvalue weighted by molar-refractivity contribution is 5.34. The van der Waals surface area contributed by atoms with E-state index in [9.17, 15) is 35.8 Å². The van der Waals surface area contributed by atoms with Crippen LogP contribution in [0.25, 0.3) is 0 Å². The average Bonchev–Trinajstić information content (AvgIpc) is 2.45. The molecule has 0 aromatic heterocycles. The molecule has 0 heterocycles. The lowest BCUT2D eigenvalue weighted by Gasteiger charge is -2.15. The van der Waals surface area contributed by atoms with Crippen molar-refractivity contribution in [2.24, 2.45) is 0 Å². The Bertz CT molecular complexity index is 685. The highest BCUT2D eigenvalue weighted by atomic mass is 19.2. The molecule has 21 heavy (non-hydrogen) atoms. The van der Waals surface area contributed by atoms with E-state index in [0.29, 0.717) is 18.2 Å². The molecular formula is C13H5F7O. The average molecular weight is 310 g/mol. The summed E-state index contributed by atoms with van der Waals surface area (Å²) in [5.41, 5.74) is -2.62. The Labute approximate surface area is 113 Å². The Morgan fingerprint density at radius 1 is 0.714 bits per heavy atom. The second-order valence-electron chi connectivity index (χ2n) is 4.05. The number of aliphatic hydroxyl groups is 1. The van der Waals surface area contributed by atoms with Crippen molar-refractivity contribution >= 4 is 0 Å². The van der Waals surface area contributed by atoms with E-state index in [-0.39, 0.29) is 0 Å². The SMILES string of the molecule is OC(c1cc(F)ccc1F)c1c(F)c(F)c(F)c(F)c1F. The van der Waals surface area contributed by atoms with Crippen LogP contribution in [-0.2, 0) is 0 Å². The predicted octanol–water partition coefficient (Wildman–Crippen LogP) is 3.74. The summed E-state index contributed by atoms with van der Waals surface area (Å²) in [7, 11) is 0. The van der Waals surface area contributed by atoms with E-state index in [1.807, 2.05) is 0 Å². The van der Waals surface area contributed by atoms with Crippen molar-refractivity contribution in [1.82, 2.24) is 0 Å². The van der Waals surface area contributed by atoms with Gasteiger partial charge in [0, 0.05) is 5.56 Å². The van der Waals surface area contributed by atoms with Crippen molar-refractivity contribution < 1.29 is 35.8 Å². The molecule has 1 atom stereocenters. The molecule has 2 aromatic carbocycles. The van der Waals surface area contributed by atoms with E-state index >= 15 is 0 Å². The van der Waals surface area contributed by atoms with Gasteiger partial charge in [-0.05, 0) is 18.2 Å². The zero-order valence-corrected chi connectivity index (χ0v) is 9.90. The van der Waals surface area contributed by atoms with E-state index in [2.05, 4.69) is 0 Å². The summed E-state index contributed by atoms with van der Waals surface area (Å²) in [6.45, 7) is 0. The minimum Gasteiger partial charge on any atom is -0.383 e. The zero-order chi connectivity index (χ0) is 15.9. The Balaban J connectivity index is 2.69. The van der Waals surface area contributed by atoms with Crippen molar-refractivity contribution in [3.05, 3.63) is 70.0 Å². The highest BCUT2D eigenvalue weighted by Crippen LogP contribution is 2.32. The van der Waals surface area contributed by atoms with Gasteiger partial charge in [-0.2, -0.15) is 0 Å². The molecule has 0 aliphatic carbocycles. The van der Waals surface area contributed by atoms with E-state index in [4.69, 9.17) is 0 Å². The number of halogens is 7. The molecule has 0 saturated heterocycles. The van der Waals surface area contributed by atoms with E-state index in [1.54, 1.807) is 0 Å². The molecular weight excluding hydrogens is 305 g/mol. The molecule has 0 amide bonds. The minimum absolute atomic E-state index is 0.387. The summed E-state index contributed by atoms with van der Waals surface area (Å²) < 4.78 is 92.2. The monoisotopic (exact) mass is 310 g/mol. The summed E-state index contributed by atoms with van der Waals surface area (Å²) in [4.78, 5) is 0. The van der Waals surface area contributed by atoms with E-state index in [1.165, 1.54) is 0 Å². The Kier molecular flexibility index (Phi) is 3.91. The van der Waals surface area contributed by atoms with Gasteiger partial charge in [0.15, 0.2) is 23.3 Å². The molecule has 0 saturated carbocycles. The van der Waals surface area contributed by atoms with Crippen LogP contribution in [0.5, 0.6) is 0 Å². The first-order valence-corrected chi connectivity index (χ1v) is 5.40. The second-order valence-corrected chi connectivity index (χ2v) is 4.05. The molecule has 2 aromatic rings. The van der Waals surface area contributed by atoms with Crippen LogP contribution < -0.4 is 0 Å². The van der Waals surface area contributed by atoms with E-state index < -0.39 is 58.0 Å². The first kappa shape index (κ1) is 15.3. The molecule has 0 fully saturated rings. The quantitative estimate of drug-likeness (QED) is 0.509. The normalized spacial score (nSPS) is 12.6. The lowest BCUT2D eigenvalue weighted by molar-refractivity contribution is 0.197. The molecule has 2 rings (SSSR count). The smallest absolute Gasteiger partial charge is 0.200 e. The molecule has 8 heteroatoms. The molecule has 0 aliphatic rings. The van der Waals surface area contributed by atoms with Gasteiger partial charge in [0.25, 0.3) is 0 Å². The maximum Gasteiger partial charge on any atom is 0.200 e. The fraction of sp³-hybridized carbons (Fsp3) is 0.0769. The van der Waals surface area contributed by atoms with Crippen LogP contribution in [0.1, 0.15) is 17.2 Å². The summed E-state index contributed by atoms with van der Waals surface area (Å²) in [5.74, 6) is -14.0. The van der Waals surface area contributed by atoms with Gasteiger partial charge in [-0.3, -0.25) is 0 Å². The Hall–Kier alpha value is -2.09. The maximum atomic E-state index is 13.5. The predicted molar refractivity (Wildman–Crippen MR) is 56.7 cm³/mol. The van der Waals surface area contributed by atoms with Crippen molar-refractivity contribution in [2.75, 3.05) is 0 Å². The van der Waals surface area contributed by atoms with Crippen LogP contribution >= 0.6 is 0 Å². The lowest BCUT2D eigenvalue weighted by atomic mass is 9.99. The molecule has 0 radical (unpaired) electrons. The van der Waals surface area contributed by atoms with Crippen molar-refractivity contribution in [3.8, 4) is 0 Å². The molecule has 1 N–H and O–H groups in total. The van der Waals surface area contributed by atoms with Gasteiger partial charge in [-0.15, -0.1) is 0 Å². The maximum absolute atomic E-state index is 13.5. The van der Waals surface area contributed by atoms with Crippen LogP contribution in [-0.4, -0.2) is 5.11 Å². The topological polar surface area (TPSA) is 20.2 Å². The fourth-order valence-electron chi connectivity index (χ4n) is 1.74. The summed E-state index contributed by atoms with van der Waals surface area (Å²) in [6.07, 6.45) is -2.56. The lowest BCUT2D eigenvalue weighted by Crippen LogP contribution is -2.13. The third-order valence-corrected chi connectivity index (χ3v) is 2.77. The second kappa shape index (κ2) is 5.36. The summed E-state index contributed by atoms with van der Waals surface area (Å²) in [5, 5.41) is 9.66. The van der Waals surface area contributed by atoms with Gasteiger partial charge in [-0.25, -0.2) is 30.7 Å². The molecule has 1 unspecified atom stereocenters. The number of benzene rings is 2. The van der Waals surface area contributed by atoms with Crippen LogP contribution in [0.15, 0.2) is 18.2 Å². The first-order valence-electron chi connectivity index (χ1n) is 5.40. The Morgan fingerprint density at radius 3 is 1.71 bits per heavy atom. The van der Waals surface area contributed by atoms with Crippen LogP contribution in [0.2, 0.25) is 0 Å². The number of hydrogen-bond donors (Lipinski definition) is 1. The number of aliphatic hydroxyl groups excluding tert-OH is 1. The Morgan fingerprint density at radius 2 is 1.19 bits per heavy atom. The van der Waals surface area contributed by atoms with Crippen LogP contribution in [0.4, 0.5) is 30.7 Å². The third kappa shape index (κ3) is 2.46. The first-order chi connectivity index (χ1) is 9.75. The zero-order valence-electron chi connectivity index (χ0n) is 9.90. The van der Waals surface area contributed by atoms with Crippen molar-refractivity contribution in [3.63, 3.8) is 0 Å². The van der Waals surface area contributed by atoms with Gasteiger partial charge in [0.05, 0.1) is 5.56 Å². The van der Waals surface area contributed by atoms with E-state index in [0.717, 1.165) is 0 Å². The molecule has 1 nitrogen and oxygen atoms in total. The molecule has 112 valence electrons. The minimum atomic E-state index is -2.56. The molecule has 0 aliphatic heterocycles. The highest BCUT2D eigenvalue weighted by Gasteiger charge is 2.31. The van der Waals surface area contributed by atoms with Gasteiger partial charge in [-0.1, -0.05) is 0 Å². The molecule has 0 bridgehead atoms. The van der Waals surface area contributed by atoms with Crippen molar-refractivity contribution in [2.45, 2.75) is 6.10 Å². The third-order valence-electron chi connectivity index (χ3n) is 2.77. The summed E-state index contributed by atoms with van der Waals surface area (Å²) in [6, 6.07) is 1.59. The van der Waals surface area contributed by atoms with Crippen molar-refractivity contribution in [1.29, 1.82) is 0 Å². The largest absolute Gasteiger partial charge is 0.383 e. The fourth-order valence-corrected chi connectivity index (χ4v) is 1.74. The summed E-state index contributed by atoms with van der Waals surface area (Å²) >= 11 is 0. The van der Waals surface area contributed by atoms with Gasteiger partial charge < -0.3 is 5.11 Å². The molecule has 0 spiro atoms. The number of rotatable bonds is 2. The van der Waals surface area contributed by atoms with Crippen LogP contribution in [0.3, 0.4) is 0 Å².